The Labute approximate surface area is 123 Å². The van der Waals surface area contributed by atoms with Crippen molar-refractivity contribution in [1.82, 2.24) is 24.9 Å². The van der Waals surface area contributed by atoms with Crippen LogP contribution in [0.5, 0.6) is 0 Å². The first-order valence-electron chi connectivity index (χ1n) is 6.24. The van der Waals surface area contributed by atoms with Crippen molar-refractivity contribution < 1.29 is 8.73 Å². The van der Waals surface area contributed by atoms with Crippen LogP contribution in [-0.4, -0.2) is 35.4 Å². The number of aromatic nitrogens is 5. The summed E-state index contributed by atoms with van der Waals surface area (Å²) in [7, 11) is -1.22. The molecule has 0 aliphatic carbocycles. The van der Waals surface area contributed by atoms with Crippen LogP contribution in [0.4, 0.5) is 0 Å². The molecule has 2 heterocycles. The topological polar surface area (TPSA) is 86.7 Å². The zero-order valence-electron chi connectivity index (χ0n) is 11.6. The number of nitrogens with zero attached hydrogens (tertiary/aromatic N) is 5. The second-order valence-corrected chi connectivity index (χ2v) is 5.85. The molecule has 0 spiro atoms. The van der Waals surface area contributed by atoms with Gasteiger partial charge in [-0.25, -0.2) is 0 Å². The zero-order chi connectivity index (χ0) is 14.8. The lowest BCUT2D eigenvalue weighted by Crippen LogP contribution is -2.05. The maximum absolute atomic E-state index is 11.5. The molecular formula is C13H13N5O2S. The second-order valence-electron chi connectivity index (χ2n) is 4.58. The molecule has 0 fully saturated rings. The van der Waals surface area contributed by atoms with E-state index in [-0.39, 0.29) is 0 Å². The third-order valence-electron chi connectivity index (χ3n) is 2.89. The van der Waals surface area contributed by atoms with Gasteiger partial charge in [0.05, 0.1) is 10.8 Å². The summed E-state index contributed by atoms with van der Waals surface area (Å²) in [4.78, 5) is 4.34. The molecule has 3 rings (SSSR count). The van der Waals surface area contributed by atoms with E-state index in [4.69, 9.17) is 4.52 Å². The van der Waals surface area contributed by atoms with Crippen LogP contribution >= 0.6 is 0 Å². The molecule has 1 atom stereocenters. The van der Waals surface area contributed by atoms with Crippen molar-refractivity contribution >= 4 is 10.8 Å². The van der Waals surface area contributed by atoms with Gasteiger partial charge in [0.2, 0.25) is 16.9 Å². The molecule has 0 unspecified atom stereocenters. The zero-order valence-corrected chi connectivity index (χ0v) is 12.4. The minimum absolute atomic E-state index is 0.292. The number of aryl methyl sites for hydroxylation is 1. The number of hydrogen-bond acceptors (Lipinski definition) is 6. The highest BCUT2D eigenvalue weighted by Crippen LogP contribution is 2.17. The Morgan fingerprint density at radius 3 is 3.00 bits per heavy atom. The molecule has 0 radical (unpaired) electrons. The minimum atomic E-state index is -1.22. The fourth-order valence-corrected chi connectivity index (χ4v) is 2.55. The summed E-state index contributed by atoms with van der Waals surface area (Å²) in [6.45, 7) is 2.30. The van der Waals surface area contributed by atoms with Crippen LogP contribution in [0.3, 0.4) is 0 Å². The molecule has 2 aromatic heterocycles. The average Bonchev–Trinajstić information content (AvgIpc) is 3.08. The lowest BCUT2D eigenvalue weighted by molar-refractivity contribution is 0.367. The van der Waals surface area contributed by atoms with Crippen molar-refractivity contribution in [3.05, 3.63) is 42.0 Å². The highest BCUT2D eigenvalue weighted by molar-refractivity contribution is 7.84. The van der Waals surface area contributed by atoms with Crippen molar-refractivity contribution in [2.75, 3.05) is 6.26 Å². The first-order chi connectivity index (χ1) is 10.1. The van der Waals surface area contributed by atoms with Crippen molar-refractivity contribution in [2.45, 2.75) is 18.6 Å². The first-order valence-corrected chi connectivity index (χ1v) is 7.80. The Morgan fingerprint density at radius 2 is 2.24 bits per heavy atom. The van der Waals surface area contributed by atoms with Crippen LogP contribution in [-0.2, 0) is 17.3 Å². The lowest BCUT2D eigenvalue weighted by atomic mass is 10.1. The van der Waals surface area contributed by atoms with Crippen molar-refractivity contribution in [3.63, 3.8) is 0 Å². The Hall–Kier alpha value is -2.35. The molecule has 3 aromatic rings. The molecule has 0 bridgehead atoms. The van der Waals surface area contributed by atoms with E-state index in [0.29, 0.717) is 23.4 Å². The number of rotatable bonds is 4. The van der Waals surface area contributed by atoms with Gasteiger partial charge < -0.3 is 4.52 Å². The van der Waals surface area contributed by atoms with Crippen molar-refractivity contribution in [3.8, 4) is 11.4 Å². The van der Waals surface area contributed by atoms with E-state index in [9.17, 15) is 4.21 Å². The predicted molar refractivity (Wildman–Crippen MR) is 75.9 cm³/mol. The summed E-state index contributed by atoms with van der Waals surface area (Å²) < 4.78 is 18.4. The van der Waals surface area contributed by atoms with Gasteiger partial charge in [0.1, 0.15) is 12.9 Å². The number of hydrogen-bond donors (Lipinski definition) is 0. The molecule has 0 saturated carbocycles. The SMILES string of the molecule is Cc1cccc(-c2noc(Cn3cnnc3[S@](C)=O)n2)c1. The van der Waals surface area contributed by atoms with Gasteiger partial charge >= 0.3 is 0 Å². The van der Waals surface area contributed by atoms with Gasteiger partial charge in [0.15, 0.2) is 0 Å². The summed E-state index contributed by atoms with van der Waals surface area (Å²) >= 11 is 0. The van der Waals surface area contributed by atoms with Crippen molar-refractivity contribution in [2.24, 2.45) is 0 Å². The molecule has 21 heavy (non-hydrogen) atoms. The third kappa shape index (κ3) is 2.89. The van der Waals surface area contributed by atoms with Gasteiger partial charge in [0.25, 0.3) is 0 Å². The van der Waals surface area contributed by atoms with E-state index in [0.717, 1.165) is 11.1 Å². The molecule has 1 aromatic carbocycles. The van der Waals surface area contributed by atoms with E-state index in [2.05, 4.69) is 20.3 Å². The molecule has 108 valence electrons. The molecular weight excluding hydrogens is 290 g/mol. The summed E-state index contributed by atoms with van der Waals surface area (Å²) in [6, 6.07) is 7.86. The van der Waals surface area contributed by atoms with Gasteiger partial charge in [-0.05, 0) is 13.0 Å². The van der Waals surface area contributed by atoms with E-state index in [1.807, 2.05) is 31.2 Å². The van der Waals surface area contributed by atoms with Gasteiger partial charge in [-0.2, -0.15) is 4.98 Å². The van der Waals surface area contributed by atoms with Gasteiger partial charge in [-0.1, -0.05) is 28.9 Å². The van der Waals surface area contributed by atoms with E-state index in [1.165, 1.54) is 6.33 Å². The fourth-order valence-electron chi connectivity index (χ4n) is 1.94. The van der Waals surface area contributed by atoms with Crippen molar-refractivity contribution in [1.29, 1.82) is 0 Å². The Morgan fingerprint density at radius 1 is 1.38 bits per heavy atom. The molecule has 0 aliphatic rings. The molecule has 0 N–H and O–H groups in total. The normalized spacial score (nSPS) is 12.5. The highest BCUT2D eigenvalue weighted by Gasteiger charge is 2.13. The summed E-state index contributed by atoms with van der Waals surface area (Å²) in [5, 5.41) is 11.9. The van der Waals surface area contributed by atoms with E-state index >= 15 is 0 Å². The van der Waals surface area contributed by atoms with E-state index in [1.54, 1.807) is 10.8 Å². The maximum Gasteiger partial charge on any atom is 0.247 e. The molecule has 0 saturated heterocycles. The average molecular weight is 303 g/mol. The Balaban J connectivity index is 1.85. The second kappa shape index (κ2) is 5.57. The highest BCUT2D eigenvalue weighted by atomic mass is 32.2. The van der Waals surface area contributed by atoms with Crippen LogP contribution in [0.15, 0.2) is 40.3 Å². The smallest absolute Gasteiger partial charge is 0.247 e. The van der Waals surface area contributed by atoms with Crippen LogP contribution in [0, 0.1) is 6.92 Å². The van der Waals surface area contributed by atoms with Gasteiger partial charge in [0, 0.05) is 11.8 Å². The Kier molecular flexibility index (Phi) is 3.61. The standard InChI is InChI=1S/C13H13N5O2S/c1-9-4-3-5-10(6-9)12-15-11(20-17-12)7-18-8-14-16-13(18)21(2)19/h3-6,8H,7H2,1-2H3/t21-/m0/s1. The largest absolute Gasteiger partial charge is 0.337 e. The summed E-state index contributed by atoms with van der Waals surface area (Å²) in [5.74, 6) is 0.943. The number of benzene rings is 1. The quantitative estimate of drug-likeness (QED) is 0.724. The maximum atomic E-state index is 11.5. The van der Waals surface area contributed by atoms with Gasteiger partial charge in [-0.3, -0.25) is 8.78 Å². The molecule has 7 nitrogen and oxygen atoms in total. The molecule has 8 heteroatoms. The minimum Gasteiger partial charge on any atom is -0.337 e. The monoisotopic (exact) mass is 303 g/mol. The molecule has 0 amide bonds. The predicted octanol–water partition coefficient (Wildman–Crippen LogP) is 1.42. The fraction of sp³-hybridized carbons (Fsp3) is 0.231. The van der Waals surface area contributed by atoms with Crippen LogP contribution < -0.4 is 0 Å². The molecule has 0 aliphatic heterocycles. The summed E-state index contributed by atoms with van der Waals surface area (Å²) in [6.07, 6.45) is 3.04. The van der Waals surface area contributed by atoms with Crippen LogP contribution in [0.25, 0.3) is 11.4 Å². The van der Waals surface area contributed by atoms with E-state index < -0.39 is 10.8 Å². The van der Waals surface area contributed by atoms with Gasteiger partial charge in [-0.15, -0.1) is 10.2 Å². The third-order valence-corrected chi connectivity index (χ3v) is 3.72. The van der Waals surface area contributed by atoms with Crippen LogP contribution in [0.2, 0.25) is 0 Å². The Bertz CT molecular complexity index is 795. The van der Waals surface area contributed by atoms with Crippen LogP contribution in [0.1, 0.15) is 11.5 Å². The first kappa shape index (κ1) is 13.6. The lowest BCUT2D eigenvalue weighted by Gasteiger charge is -1.99. The summed E-state index contributed by atoms with van der Waals surface area (Å²) in [5.41, 5.74) is 2.02.